The molecule has 150 valence electrons. The van der Waals surface area contributed by atoms with Crippen LogP contribution in [0.1, 0.15) is 31.7 Å². The number of rotatable bonds is 5. The van der Waals surface area contributed by atoms with Crippen molar-refractivity contribution in [1.29, 1.82) is 0 Å². The van der Waals surface area contributed by atoms with E-state index < -0.39 is 0 Å². The van der Waals surface area contributed by atoms with Crippen LogP contribution in [0.2, 0.25) is 0 Å². The average molecular weight is 412 g/mol. The van der Waals surface area contributed by atoms with Gasteiger partial charge in [-0.3, -0.25) is 9.59 Å². The summed E-state index contributed by atoms with van der Waals surface area (Å²) in [6, 6.07) is 9.99. The summed E-state index contributed by atoms with van der Waals surface area (Å²) < 4.78 is 0. The molecule has 5 nitrogen and oxygen atoms in total. The molecule has 0 aliphatic carbocycles. The Kier molecular flexibility index (Phi) is 8.01. The number of carbonyl (C=O) groups is 2. The van der Waals surface area contributed by atoms with Crippen LogP contribution >= 0.6 is 24.2 Å². The zero-order chi connectivity index (χ0) is 18.7. The van der Waals surface area contributed by atoms with E-state index in [1.807, 2.05) is 36.9 Å². The van der Waals surface area contributed by atoms with Gasteiger partial charge >= 0.3 is 0 Å². The first-order valence-corrected chi connectivity index (χ1v) is 10.6. The molecule has 0 aromatic heterocycles. The van der Waals surface area contributed by atoms with Gasteiger partial charge in [0.15, 0.2) is 0 Å². The molecule has 2 aliphatic rings. The third kappa shape index (κ3) is 4.61. The second-order valence-electron chi connectivity index (χ2n) is 7.39. The number of likely N-dealkylation sites (tertiary alicyclic amines) is 1. The molecule has 1 aromatic carbocycles. The first kappa shape index (κ1) is 22.1. The Hall–Kier alpha value is -1.24. The summed E-state index contributed by atoms with van der Waals surface area (Å²) in [5.74, 6) is 2.02. The first-order chi connectivity index (χ1) is 12.6. The largest absolute Gasteiger partial charge is 0.340 e. The standard InChI is InChI=1S/C20H29N3O2S.ClH/c1-3-14(2)19(24)23-13-26-12-18(23)20(25)22-10-16(9-21)17(11-22)15-7-5-4-6-8-15;/h4-8,14,16-18H,3,9-13,21H2,1-2H3;1H/t14?,16-,17+,18?;/m1./s1. The van der Waals surface area contributed by atoms with Crippen LogP contribution in [0.25, 0.3) is 0 Å². The van der Waals surface area contributed by atoms with E-state index >= 15 is 0 Å². The van der Waals surface area contributed by atoms with Crippen molar-refractivity contribution >= 4 is 36.0 Å². The minimum absolute atomic E-state index is 0. The molecule has 2 saturated heterocycles. The molecule has 2 heterocycles. The van der Waals surface area contributed by atoms with Crippen molar-refractivity contribution in [2.45, 2.75) is 32.2 Å². The normalized spacial score (nSPS) is 26.0. The van der Waals surface area contributed by atoms with E-state index in [0.717, 1.165) is 6.42 Å². The number of thioether (sulfide) groups is 1. The second-order valence-corrected chi connectivity index (χ2v) is 8.39. The summed E-state index contributed by atoms with van der Waals surface area (Å²) in [5, 5.41) is 0. The molecular weight excluding hydrogens is 382 g/mol. The third-order valence-corrected chi connectivity index (χ3v) is 6.78. The van der Waals surface area contributed by atoms with Gasteiger partial charge in [-0.15, -0.1) is 24.2 Å². The van der Waals surface area contributed by atoms with E-state index in [4.69, 9.17) is 5.73 Å². The van der Waals surface area contributed by atoms with Crippen LogP contribution in [0.4, 0.5) is 0 Å². The zero-order valence-electron chi connectivity index (χ0n) is 16.0. The van der Waals surface area contributed by atoms with E-state index in [1.165, 1.54) is 5.56 Å². The number of hydrogen-bond donors (Lipinski definition) is 1. The number of halogens is 1. The van der Waals surface area contributed by atoms with Gasteiger partial charge in [0.2, 0.25) is 11.8 Å². The molecule has 2 fully saturated rings. The third-order valence-electron chi connectivity index (χ3n) is 5.77. The van der Waals surface area contributed by atoms with Gasteiger partial charge in [-0.05, 0) is 24.4 Å². The fourth-order valence-electron chi connectivity index (χ4n) is 3.90. The highest BCUT2D eigenvalue weighted by Gasteiger charge is 2.42. The van der Waals surface area contributed by atoms with Crippen LogP contribution in [0.5, 0.6) is 0 Å². The van der Waals surface area contributed by atoms with Gasteiger partial charge in [0.05, 0.1) is 5.88 Å². The Bertz CT molecular complexity index is 645. The van der Waals surface area contributed by atoms with E-state index in [2.05, 4.69) is 12.1 Å². The van der Waals surface area contributed by atoms with Gasteiger partial charge < -0.3 is 15.5 Å². The Morgan fingerprint density at radius 3 is 2.59 bits per heavy atom. The van der Waals surface area contributed by atoms with Gasteiger partial charge in [-0.25, -0.2) is 0 Å². The number of amides is 2. The molecule has 3 rings (SSSR count). The number of nitrogens with zero attached hydrogens (tertiary/aromatic N) is 2. The quantitative estimate of drug-likeness (QED) is 0.808. The van der Waals surface area contributed by atoms with Crippen LogP contribution in [0.3, 0.4) is 0 Å². The molecule has 0 radical (unpaired) electrons. The van der Waals surface area contributed by atoms with Crippen LogP contribution in [0, 0.1) is 11.8 Å². The van der Waals surface area contributed by atoms with Crippen molar-refractivity contribution in [3.05, 3.63) is 35.9 Å². The van der Waals surface area contributed by atoms with Crippen molar-refractivity contribution in [3.8, 4) is 0 Å². The molecular formula is C20H30ClN3O2S. The van der Waals surface area contributed by atoms with Crippen LogP contribution < -0.4 is 5.73 Å². The summed E-state index contributed by atoms with van der Waals surface area (Å²) in [5.41, 5.74) is 7.25. The smallest absolute Gasteiger partial charge is 0.246 e. The predicted octanol–water partition coefficient (Wildman–Crippen LogP) is 2.56. The minimum Gasteiger partial charge on any atom is -0.340 e. The summed E-state index contributed by atoms with van der Waals surface area (Å²) in [6.45, 7) is 5.90. The van der Waals surface area contributed by atoms with Crippen molar-refractivity contribution in [2.75, 3.05) is 31.3 Å². The molecule has 0 bridgehead atoms. The highest BCUT2D eigenvalue weighted by molar-refractivity contribution is 7.99. The Morgan fingerprint density at radius 1 is 1.26 bits per heavy atom. The number of carbonyl (C=O) groups excluding carboxylic acids is 2. The topological polar surface area (TPSA) is 66.6 Å². The lowest BCUT2D eigenvalue weighted by molar-refractivity contribution is -0.144. The van der Waals surface area contributed by atoms with Gasteiger partial charge in [-0.1, -0.05) is 44.2 Å². The maximum absolute atomic E-state index is 13.2. The Labute approximate surface area is 172 Å². The lowest BCUT2D eigenvalue weighted by Gasteiger charge is -2.29. The number of benzene rings is 1. The predicted molar refractivity (Wildman–Crippen MR) is 113 cm³/mol. The fourth-order valence-corrected chi connectivity index (χ4v) is 5.06. The molecule has 4 atom stereocenters. The highest BCUT2D eigenvalue weighted by Crippen LogP contribution is 2.34. The number of nitrogens with two attached hydrogens (primary N) is 1. The summed E-state index contributed by atoms with van der Waals surface area (Å²) in [6.07, 6.45) is 0.802. The average Bonchev–Trinajstić information content (AvgIpc) is 3.34. The zero-order valence-corrected chi connectivity index (χ0v) is 17.7. The van der Waals surface area contributed by atoms with E-state index in [-0.39, 0.29) is 48.0 Å². The molecule has 27 heavy (non-hydrogen) atoms. The van der Waals surface area contributed by atoms with Crippen LogP contribution in [-0.4, -0.2) is 58.9 Å². The summed E-state index contributed by atoms with van der Waals surface area (Å²) in [4.78, 5) is 29.5. The van der Waals surface area contributed by atoms with Gasteiger partial charge in [0, 0.05) is 30.7 Å². The van der Waals surface area contributed by atoms with Crippen molar-refractivity contribution in [1.82, 2.24) is 9.80 Å². The SMILES string of the molecule is CCC(C)C(=O)N1CSCC1C(=O)N1C[C@@H](CN)[C@H](c2ccccc2)C1.Cl. The highest BCUT2D eigenvalue weighted by atomic mass is 35.5. The fraction of sp³-hybridized carbons (Fsp3) is 0.600. The first-order valence-electron chi connectivity index (χ1n) is 9.48. The van der Waals surface area contributed by atoms with Gasteiger partial charge in [-0.2, -0.15) is 0 Å². The lowest BCUT2D eigenvalue weighted by atomic mass is 9.89. The summed E-state index contributed by atoms with van der Waals surface area (Å²) >= 11 is 1.67. The minimum atomic E-state index is -0.325. The van der Waals surface area contributed by atoms with E-state index in [1.54, 1.807) is 16.7 Å². The Morgan fingerprint density at radius 2 is 1.96 bits per heavy atom. The Balaban J connectivity index is 0.00000261. The summed E-state index contributed by atoms with van der Waals surface area (Å²) in [7, 11) is 0. The van der Waals surface area contributed by atoms with Crippen molar-refractivity contribution in [3.63, 3.8) is 0 Å². The number of hydrogen-bond acceptors (Lipinski definition) is 4. The lowest BCUT2D eigenvalue weighted by Crippen LogP contribution is -2.49. The maximum Gasteiger partial charge on any atom is 0.246 e. The molecule has 2 N–H and O–H groups in total. The molecule has 1 aromatic rings. The van der Waals surface area contributed by atoms with E-state index in [9.17, 15) is 9.59 Å². The molecule has 7 heteroatoms. The molecule has 0 saturated carbocycles. The molecule has 0 spiro atoms. The van der Waals surface area contributed by atoms with Crippen molar-refractivity contribution in [2.24, 2.45) is 17.6 Å². The second kappa shape index (κ2) is 9.80. The molecule has 2 unspecified atom stereocenters. The molecule has 2 aliphatic heterocycles. The maximum atomic E-state index is 13.2. The monoisotopic (exact) mass is 411 g/mol. The van der Waals surface area contributed by atoms with Crippen molar-refractivity contribution < 1.29 is 9.59 Å². The van der Waals surface area contributed by atoms with Gasteiger partial charge in [0.25, 0.3) is 0 Å². The molecule has 2 amide bonds. The van der Waals surface area contributed by atoms with Crippen LogP contribution in [0.15, 0.2) is 30.3 Å². The van der Waals surface area contributed by atoms with Crippen LogP contribution in [-0.2, 0) is 9.59 Å². The van der Waals surface area contributed by atoms with Gasteiger partial charge in [0.1, 0.15) is 6.04 Å². The van der Waals surface area contributed by atoms with E-state index in [0.29, 0.717) is 31.3 Å².